The van der Waals surface area contributed by atoms with Gasteiger partial charge >= 0.3 is 0 Å². The van der Waals surface area contributed by atoms with E-state index >= 15 is 0 Å². The molecule has 0 fully saturated rings. The zero-order valence-electron chi connectivity index (χ0n) is 10.3. The summed E-state index contributed by atoms with van der Waals surface area (Å²) in [6.07, 6.45) is 1.49. The Balaban J connectivity index is 1.90. The Bertz CT molecular complexity index is 704. The Kier molecular flexibility index (Phi) is 2.98. The van der Waals surface area contributed by atoms with E-state index in [1.54, 1.807) is 0 Å². The number of fused-ring (bicyclic) bond motifs is 1. The van der Waals surface area contributed by atoms with Gasteiger partial charge in [0.15, 0.2) is 0 Å². The number of carbonyl (C=O) groups excluding carboxylic acids is 1. The quantitative estimate of drug-likeness (QED) is 0.700. The van der Waals surface area contributed by atoms with Gasteiger partial charge in [-0.15, -0.1) is 0 Å². The molecule has 0 bridgehead atoms. The molecule has 0 atom stereocenters. The van der Waals surface area contributed by atoms with Crippen molar-refractivity contribution in [2.45, 2.75) is 6.42 Å². The lowest BCUT2D eigenvalue weighted by Crippen LogP contribution is -1.94. The van der Waals surface area contributed by atoms with Crippen LogP contribution in [0, 0.1) is 0 Å². The molecular formula is C15H13N3O. The monoisotopic (exact) mass is 251 g/mol. The molecule has 3 aromatic rings. The predicted octanol–water partition coefficient (Wildman–Crippen LogP) is 2.72. The second-order valence-corrected chi connectivity index (χ2v) is 4.36. The summed E-state index contributed by atoms with van der Waals surface area (Å²) in [7, 11) is 0. The first-order valence-electron chi connectivity index (χ1n) is 6.08. The number of H-pyrrole nitrogens is 1. The van der Waals surface area contributed by atoms with Crippen LogP contribution in [0.5, 0.6) is 0 Å². The molecule has 0 spiro atoms. The lowest BCUT2D eigenvalue weighted by molar-refractivity contribution is -0.105. The SMILES string of the molecule is O=CNc1nc2ccc(Cc3ccccc3)cc2[nH]1. The van der Waals surface area contributed by atoms with E-state index < -0.39 is 0 Å². The largest absolute Gasteiger partial charge is 0.324 e. The zero-order chi connectivity index (χ0) is 13.1. The van der Waals surface area contributed by atoms with Crippen molar-refractivity contribution in [2.24, 2.45) is 0 Å². The number of imidazole rings is 1. The molecular weight excluding hydrogens is 238 g/mol. The molecule has 94 valence electrons. The number of hydrogen-bond donors (Lipinski definition) is 2. The van der Waals surface area contributed by atoms with Crippen LogP contribution in [0.1, 0.15) is 11.1 Å². The highest BCUT2D eigenvalue weighted by molar-refractivity contribution is 5.80. The molecule has 0 radical (unpaired) electrons. The number of carbonyl (C=O) groups is 1. The summed E-state index contributed by atoms with van der Waals surface area (Å²) in [6.45, 7) is 0. The lowest BCUT2D eigenvalue weighted by Gasteiger charge is -2.01. The van der Waals surface area contributed by atoms with Gasteiger partial charge in [0.25, 0.3) is 0 Å². The van der Waals surface area contributed by atoms with Crippen molar-refractivity contribution >= 4 is 23.4 Å². The van der Waals surface area contributed by atoms with Crippen LogP contribution in [0.2, 0.25) is 0 Å². The first kappa shape index (κ1) is 11.5. The zero-order valence-corrected chi connectivity index (χ0v) is 10.3. The Labute approximate surface area is 110 Å². The van der Waals surface area contributed by atoms with Crippen molar-refractivity contribution in [1.29, 1.82) is 0 Å². The van der Waals surface area contributed by atoms with Gasteiger partial charge in [-0.2, -0.15) is 0 Å². The second-order valence-electron chi connectivity index (χ2n) is 4.36. The van der Waals surface area contributed by atoms with E-state index in [4.69, 9.17) is 0 Å². The van der Waals surface area contributed by atoms with Crippen LogP contribution in [-0.2, 0) is 11.2 Å². The van der Waals surface area contributed by atoms with Gasteiger partial charge in [-0.25, -0.2) is 4.98 Å². The highest BCUT2D eigenvalue weighted by atomic mass is 16.1. The normalized spacial score (nSPS) is 10.5. The number of aromatic nitrogens is 2. The molecule has 19 heavy (non-hydrogen) atoms. The molecule has 4 heteroatoms. The standard InChI is InChI=1S/C15H13N3O/c19-10-16-15-17-13-7-6-12(9-14(13)18-15)8-11-4-2-1-3-5-11/h1-7,9-10H,8H2,(H2,16,17,18,19). The van der Waals surface area contributed by atoms with Crippen LogP contribution in [-0.4, -0.2) is 16.4 Å². The fourth-order valence-corrected chi connectivity index (χ4v) is 2.12. The number of benzene rings is 2. The molecule has 0 saturated heterocycles. The summed E-state index contributed by atoms with van der Waals surface area (Å²) in [6, 6.07) is 16.4. The average Bonchev–Trinajstić information content (AvgIpc) is 2.82. The van der Waals surface area contributed by atoms with E-state index in [1.807, 2.05) is 24.3 Å². The molecule has 2 aromatic carbocycles. The molecule has 1 aromatic heterocycles. The molecule has 4 nitrogen and oxygen atoms in total. The molecule has 2 N–H and O–H groups in total. The number of nitrogens with zero attached hydrogens (tertiary/aromatic N) is 1. The fourth-order valence-electron chi connectivity index (χ4n) is 2.12. The molecule has 0 aliphatic carbocycles. The molecule has 1 amide bonds. The van der Waals surface area contributed by atoms with E-state index in [1.165, 1.54) is 11.1 Å². The van der Waals surface area contributed by atoms with Crippen LogP contribution < -0.4 is 5.32 Å². The van der Waals surface area contributed by atoms with Gasteiger partial charge in [0, 0.05) is 0 Å². The van der Waals surface area contributed by atoms with Crippen molar-refractivity contribution < 1.29 is 4.79 Å². The second kappa shape index (κ2) is 4.94. The third-order valence-corrected chi connectivity index (χ3v) is 2.99. The van der Waals surface area contributed by atoms with Gasteiger partial charge in [0.05, 0.1) is 11.0 Å². The number of amides is 1. The van der Waals surface area contributed by atoms with Gasteiger partial charge in [-0.3, -0.25) is 10.1 Å². The third kappa shape index (κ3) is 2.47. The van der Waals surface area contributed by atoms with Crippen molar-refractivity contribution in [3.05, 3.63) is 59.7 Å². The highest BCUT2D eigenvalue weighted by Crippen LogP contribution is 2.18. The first-order valence-corrected chi connectivity index (χ1v) is 6.08. The van der Waals surface area contributed by atoms with E-state index in [0.29, 0.717) is 12.4 Å². The topological polar surface area (TPSA) is 57.8 Å². The molecule has 0 aliphatic rings. The average molecular weight is 251 g/mol. The Morgan fingerprint density at radius 1 is 1.11 bits per heavy atom. The predicted molar refractivity (Wildman–Crippen MR) is 75.0 cm³/mol. The summed E-state index contributed by atoms with van der Waals surface area (Å²) in [4.78, 5) is 17.7. The van der Waals surface area contributed by atoms with Crippen LogP contribution in [0.15, 0.2) is 48.5 Å². The maximum absolute atomic E-state index is 10.4. The molecule has 3 rings (SSSR count). The van der Waals surface area contributed by atoms with Crippen molar-refractivity contribution in [3.63, 3.8) is 0 Å². The van der Waals surface area contributed by atoms with Crippen LogP contribution in [0.3, 0.4) is 0 Å². The molecule has 0 unspecified atom stereocenters. The van der Waals surface area contributed by atoms with Gasteiger partial charge in [0.2, 0.25) is 12.4 Å². The van der Waals surface area contributed by atoms with Crippen LogP contribution in [0.4, 0.5) is 5.95 Å². The van der Waals surface area contributed by atoms with Crippen molar-refractivity contribution in [1.82, 2.24) is 9.97 Å². The number of nitrogens with one attached hydrogen (secondary N) is 2. The summed E-state index contributed by atoms with van der Waals surface area (Å²) in [5.41, 5.74) is 4.26. The minimum atomic E-state index is 0.474. The maximum Gasteiger partial charge on any atom is 0.213 e. The third-order valence-electron chi connectivity index (χ3n) is 2.99. The summed E-state index contributed by atoms with van der Waals surface area (Å²) < 4.78 is 0. The van der Waals surface area contributed by atoms with E-state index in [9.17, 15) is 4.79 Å². The Morgan fingerprint density at radius 2 is 1.95 bits per heavy atom. The number of rotatable bonds is 4. The maximum atomic E-state index is 10.4. The Morgan fingerprint density at radius 3 is 2.74 bits per heavy atom. The fraction of sp³-hybridized carbons (Fsp3) is 0.0667. The van der Waals surface area contributed by atoms with E-state index in [2.05, 4.69) is 39.6 Å². The molecule has 1 heterocycles. The minimum absolute atomic E-state index is 0.474. The molecule has 0 saturated carbocycles. The summed E-state index contributed by atoms with van der Waals surface area (Å²) in [5, 5.41) is 2.52. The van der Waals surface area contributed by atoms with Gasteiger partial charge in [0.1, 0.15) is 0 Å². The number of anilines is 1. The summed E-state index contributed by atoms with van der Waals surface area (Å²) in [5.74, 6) is 0.474. The Hall–Kier alpha value is -2.62. The highest BCUT2D eigenvalue weighted by Gasteiger charge is 2.03. The minimum Gasteiger partial charge on any atom is -0.324 e. The van der Waals surface area contributed by atoms with Gasteiger partial charge in [-0.1, -0.05) is 36.4 Å². The van der Waals surface area contributed by atoms with Crippen LogP contribution >= 0.6 is 0 Å². The summed E-state index contributed by atoms with van der Waals surface area (Å²) >= 11 is 0. The van der Waals surface area contributed by atoms with Gasteiger partial charge < -0.3 is 4.98 Å². The first-order chi connectivity index (χ1) is 9.35. The van der Waals surface area contributed by atoms with E-state index in [0.717, 1.165) is 17.5 Å². The van der Waals surface area contributed by atoms with Crippen LogP contribution in [0.25, 0.3) is 11.0 Å². The van der Waals surface area contributed by atoms with Crippen molar-refractivity contribution in [3.8, 4) is 0 Å². The lowest BCUT2D eigenvalue weighted by atomic mass is 10.0. The van der Waals surface area contributed by atoms with Gasteiger partial charge in [-0.05, 0) is 29.7 Å². The molecule has 0 aliphatic heterocycles. The van der Waals surface area contributed by atoms with Crippen molar-refractivity contribution in [2.75, 3.05) is 5.32 Å². The number of hydrogen-bond acceptors (Lipinski definition) is 2. The number of aromatic amines is 1. The smallest absolute Gasteiger partial charge is 0.213 e. The van der Waals surface area contributed by atoms with E-state index in [-0.39, 0.29) is 0 Å².